The molecular weight excluding hydrogens is 352 g/mol. The van der Waals surface area contributed by atoms with Gasteiger partial charge in [0.15, 0.2) is 0 Å². The van der Waals surface area contributed by atoms with Crippen molar-refractivity contribution in [2.24, 2.45) is 0 Å². The highest BCUT2D eigenvalue weighted by Gasteiger charge is 2.16. The molecule has 3 nitrogen and oxygen atoms in total. The van der Waals surface area contributed by atoms with Gasteiger partial charge in [0.2, 0.25) is 0 Å². The molecule has 0 fully saturated rings. The summed E-state index contributed by atoms with van der Waals surface area (Å²) in [5.41, 5.74) is 2.93. The third-order valence-corrected chi connectivity index (χ3v) is 3.95. The Morgan fingerprint density at radius 2 is 2.00 bits per heavy atom. The summed E-state index contributed by atoms with van der Waals surface area (Å²) in [6, 6.07) is 13.9. The molecule has 1 unspecified atom stereocenters. The summed E-state index contributed by atoms with van der Waals surface area (Å²) in [4.78, 5) is 4.65. The van der Waals surface area contributed by atoms with Crippen molar-refractivity contribution in [3.63, 3.8) is 0 Å². The van der Waals surface area contributed by atoms with Crippen molar-refractivity contribution in [3.05, 3.63) is 52.8 Å². The molecule has 2 aromatic carbocycles. The summed E-state index contributed by atoms with van der Waals surface area (Å²) < 4.78 is 8.37. The zero-order chi connectivity index (χ0) is 15.0. The Hall–Kier alpha value is -1.52. The molecule has 3 aromatic rings. The van der Waals surface area contributed by atoms with Crippen LogP contribution in [0, 0.1) is 0 Å². The van der Waals surface area contributed by atoms with Gasteiger partial charge in [-0.3, -0.25) is 4.57 Å². The van der Waals surface area contributed by atoms with Gasteiger partial charge in [-0.05, 0) is 31.2 Å². The number of halogens is 2. The molecule has 0 aliphatic heterocycles. The van der Waals surface area contributed by atoms with Crippen molar-refractivity contribution in [2.45, 2.75) is 12.3 Å². The Morgan fingerprint density at radius 1 is 1.24 bits per heavy atom. The van der Waals surface area contributed by atoms with Crippen molar-refractivity contribution in [3.8, 4) is 11.4 Å². The third-order valence-electron chi connectivity index (χ3n) is 3.29. The smallest absolute Gasteiger partial charge is 0.132 e. The monoisotopic (exact) mass is 364 g/mol. The summed E-state index contributed by atoms with van der Waals surface area (Å²) in [6.45, 7) is 1.93. The molecule has 0 bridgehead atoms. The lowest BCUT2D eigenvalue weighted by atomic mass is 10.2. The van der Waals surface area contributed by atoms with Crippen LogP contribution in [0.4, 0.5) is 0 Å². The van der Waals surface area contributed by atoms with E-state index in [1.54, 1.807) is 7.11 Å². The van der Waals surface area contributed by atoms with Crippen LogP contribution in [0.3, 0.4) is 0 Å². The summed E-state index contributed by atoms with van der Waals surface area (Å²) in [5.74, 6) is 1.60. The molecule has 0 saturated carbocycles. The van der Waals surface area contributed by atoms with Crippen LogP contribution in [0.5, 0.6) is 5.75 Å². The number of para-hydroxylation sites is 2. The Labute approximate surface area is 136 Å². The average molecular weight is 366 g/mol. The van der Waals surface area contributed by atoms with Crippen LogP contribution in [0.1, 0.15) is 18.1 Å². The van der Waals surface area contributed by atoms with E-state index in [9.17, 15) is 0 Å². The predicted octanol–water partition coefficient (Wildman–Crippen LogP) is 5.10. The highest BCUT2D eigenvalue weighted by atomic mass is 79.9. The van der Waals surface area contributed by atoms with Crippen molar-refractivity contribution in [2.75, 3.05) is 7.11 Å². The maximum Gasteiger partial charge on any atom is 0.132 e. The molecule has 21 heavy (non-hydrogen) atoms. The zero-order valence-corrected chi connectivity index (χ0v) is 14.0. The number of alkyl halides is 1. The first kappa shape index (κ1) is 14.4. The fourth-order valence-electron chi connectivity index (χ4n) is 2.38. The number of aromatic nitrogens is 2. The van der Waals surface area contributed by atoms with Crippen LogP contribution in [0.15, 0.2) is 46.9 Å². The van der Waals surface area contributed by atoms with E-state index < -0.39 is 0 Å². The SMILES string of the molecule is COc1cc(Br)cc(-n2c(C(C)Cl)nc3ccccc32)c1. The van der Waals surface area contributed by atoms with E-state index in [0.717, 1.165) is 32.8 Å². The average Bonchev–Trinajstić information content (AvgIpc) is 2.86. The van der Waals surface area contributed by atoms with Gasteiger partial charge >= 0.3 is 0 Å². The second-order valence-corrected chi connectivity index (χ2v) is 6.33. The lowest BCUT2D eigenvalue weighted by Crippen LogP contribution is -2.02. The summed E-state index contributed by atoms with van der Waals surface area (Å²) in [5, 5.41) is -0.192. The van der Waals surface area contributed by atoms with Crippen molar-refractivity contribution in [1.82, 2.24) is 9.55 Å². The molecule has 0 spiro atoms. The maximum atomic E-state index is 6.32. The third kappa shape index (κ3) is 2.65. The van der Waals surface area contributed by atoms with Gasteiger partial charge < -0.3 is 4.74 Å². The summed E-state index contributed by atoms with van der Waals surface area (Å²) in [6.07, 6.45) is 0. The second kappa shape index (κ2) is 5.70. The van der Waals surface area contributed by atoms with Crippen molar-refractivity contribution < 1.29 is 4.74 Å². The van der Waals surface area contributed by atoms with Gasteiger partial charge in [0.25, 0.3) is 0 Å². The largest absolute Gasteiger partial charge is 0.497 e. The first-order chi connectivity index (χ1) is 10.1. The number of hydrogen-bond acceptors (Lipinski definition) is 2. The molecule has 108 valence electrons. The Morgan fingerprint density at radius 3 is 2.71 bits per heavy atom. The molecular formula is C16H14BrClN2O. The van der Waals surface area contributed by atoms with Gasteiger partial charge in [-0.15, -0.1) is 11.6 Å². The fraction of sp³-hybridized carbons (Fsp3) is 0.188. The number of nitrogens with zero attached hydrogens (tertiary/aromatic N) is 2. The zero-order valence-electron chi connectivity index (χ0n) is 11.7. The number of hydrogen-bond donors (Lipinski definition) is 0. The number of imidazole rings is 1. The number of benzene rings is 2. The predicted molar refractivity (Wildman–Crippen MR) is 89.6 cm³/mol. The highest BCUT2D eigenvalue weighted by Crippen LogP contribution is 2.31. The van der Waals surface area contributed by atoms with Crippen LogP contribution < -0.4 is 4.74 Å². The molecule has 0 aliphatic rings. The first-order valence-electron chi connectivity index (χ1n) is 6.56. The highest BCUT2D eigenvalue weighted by molar-refractivity contribution is 9.10. The minimum atomic E-state index is -0.192. The van der Waals surface area contributed by atoms with Crippen molar-refractivity contribution in [1.29, 1.82) is 0 Å². The van der Waals surface area contributed by atoms with Gasteiger partial charge in [0.05, 0.1) is 29.2 Å². The molecule has 3 rings (SSSR count). The van der Waals surface area contributed by atoms with E-state index in [-0.39, 0.29) is 5.38 Å². The molecule has 0 N–H and O–H groups in total. The standard InChI is InChI=1S/C16H14BrClN2O/c1-10(18)16-19-14-5-3-4-6-15(14)20(16)12-7-11(17)8-13(9-12)21-2/h3-10H,1-2H3. The Balaban J connectivity index is 2.32. The van der Waals surface area contributed by atoms with E-state index in [1.807, 2.05) is 49.4 Å². The molecule has 1 aromatic heterocycles. The van der Waals surface area contributed by atoms with Gasteiger partial charge in [-0.25, -0.2) is 4.98 Å². The molecule has 5 heteroatoms. The lowest BCUT2D eigenvalue weighted by Gasteiger charge is -2.12. The molecule has 0 amide bonds. The van der Waals surface area contributed by atoms with Crippen LogP contribution in [-0.4, -0.2) is 16.7 Å². The number of fused-ring (bicyclic) bond motifs is 1. The number of rotatable bonds is 3. The van der Waals surface area contributed by atoms with Gasteiger partial charge in [0.1, 0.15) is 11.6 Å². The maximum absolute atomic E-state index is 6.32. The Bertz CT molecular complexity index is 798. The molecule has 0 radical (unpaired) electrons. The van der Waals surface area contributed by atoms with E-state index >= 15 is 0 Å². The molecule has 1 atom stereocenters. The lowest BCUT2D eigenvalue weighted by molar-refractivity contribution is 0.414. The minimum absolute atomic E-state index is 0.192. The second-order valence-electron chi connectivity index (χ2n) is 4.76. The van der Waals surface area contributed by atoms with E-state index in [2.05, 4.69) is 25.5 Å². The normalized spacial score (nSPS) is 12.6. The van der Waals surface area contributed by atoms with E-state index in [1.165, 1.54) is 0 Å². The summed E-state index contributed by atoms with van der Waals surface area (Å²) >= 11 is 9.84. The van der Waals surface area contributed by atoms with Gasteiger partial charge in [-0.1, -0.05) is 28.1 Å². The van der Waals surface area contributed by atoms with Crippen LogP contribution >= 0.6 is 27.5 Å². The first-order valence-corrected chi connectivity index (χ1v) is 7.79. The summed E-state index contributed by atoms with van der Waals surface area (Å²) in [7, 11) is 1.66. The van der Waals surface area contributed by atoms with E-state index in [4.69, 9.17) is 16.3 Å². The minimum Gasteiger partial charge on any atom is -0.497 e. The van der Waals surface area contributed by atoms with Crippen molar-refractivity contribution >= 4 is 38.6 Å². The Kier molecular flexibility index (Phi) is 3.91. The topological polar surface area (TPSA) is 27.1 Å². The molecule has 1 heterocycles. The van der Waals surface area contributed by atoms with E-state index in [0.29, 0.717) is 0 Å². The number of methoxy groups -OCH3 is 1. The molecule has 0 aliphatic carbocycles. The number of ether oxygens (including phenoxy) is 1. The van der Waals surface area contributed by atoms with Crippen LogP contribution in [0.2, 0.25) is 0 Å². The fourth-order valence-corrected chi connectivity index (χ4v) is 2.98. The molecule has 0 saturated heterocycles. The van der Waals surface area contributed by atoms with Crippen LogP contribution in [0.25, 0.3) is 16.7 Å². The van der Waals surface area contributed by atoms with Crippen LogP contribution in [-0.2, 0) is 0 Å². The quantitative estimate of drug-likeness (QED) is 0.604. The van der Waals surface area contributed by atoms with Gasteiger partial charge in [0, 0.05) is 10.5 Å². The van der Waals surface area contributed by atoms with Gasteiger partial charge in [-0.2, -0.15) is 0 Å².